The van der Waals surface area contributed by atoms with Crippen molar-refractivity contribution in [3.05, 3.63) is 0 Å². The molecule has 0 radical (unpaired) electrons. The van der Waals surface area contributed by atoms with E-state index >= 15 is 0 Å². The van der Waals surface area contributed by atoms with Crippen LogP contribution in [0.25, 0.3) is 0 Å². The summed E-state index contributed by atoms with van der Waals surface area (Å²) >= 11 is 0. The van der Waals surface area contributed by atoms with E-state index in [0.29, 0.717) is 0 Å². The summed E-state index contributed by atoms with van der Waals surface area (Å²) < 4.78 is 0. The van der Waals surface area contributed by atoms with Gasteiger partial charge in [0.1, 0.15) is 0 Å². The highest BCUT2D eigenvalue weighted by Gasteiger charge is 2.57. The lowest BCUT2D eigenvalue weighted by atomic mass is 9.77. The number of rotatable bonds is 2. The average Bonchev–Trinajstić information content (AvgIpc) is 2.62. The Balaban J connectivity index is 2.77. The van der Waals surface area contributed by atoms with Gasteiger partial charge in [-0.15, -0.1) is 0 Å². The molecular formula is C9H17NO2. The van der Waals surface area contributed by atoms with Crippen molar-refractivity contribution >= 4 is 5.97 Å². The Labute approximate surface area is 72.9 Å². The van der Waals surface area contributed by atoms with Crippen LogP contribution in [0.5, 0.6) is 0 Å². The predicted molar refractivity (Wildman–Crippen MR) is 46.7 cm³/mol. The van der Waals surface area contributed by atoms with Crippen molar-refractivity contribution in [3.63, 3.8) is 0 Å². The third kappa shape index (κ3) is 1.33. The molecule has 0 aromatic heterocycles. The van der Waals surface area contributed by atoms with E-state index in [1.807, 2.05) is 20.8 Å². The van der Waals surface area contributed by atoms with Crippen LogP contribution in [-0.4, -0.2) is 17.1 Å². The lowest BCUT2D eigenvalue weighted by Crippen LogP contribution is -2.46. The number of aliphatic carboxylic acids is 1. The normalized spacial score (nSPS) is 23.3. The number of carboxylic acids is 1. The SMILES string of the molecule is CC(C)(C)C(N)C1(C(=O)O)CC1. The first-order valence-electron chi connectivity index (χ1n) is 4.30. The highest BCUT2D eigenvalue weighted by atomic mass is 16.4. The van der Waals surface area contributed by atoms with E-state index in [1.165, 1.54) is 0 Å². The summed E-state index contributed by atoms with van der Waals surface area (Å²) in [5.41, 5.74) is 5.18. The van der Waals surface area contributed by atoms with E-state index in [-0.39, 0.29) is 11.5 Å². The summed E-state index contributed by atoms with van der Waals surface area (Å²) in [6.07, 6.45) is 1.47. The summed E-state index contributed by atoms with van der Waals surface area (Å²) in [5.74, 6) is -0.732. The molecule has 3 nitrogen and oxygen atoms in total. The summed E-state index contributed by atoms with van der Waals surface area (Å²) in [4.78, 5) is 10.9. The van der Waals surface area contributed by atoms with E-state index in [4.69, 9.17) is 10.8 Å². The second-order valence-electron chi connectivity index (χ2n) is 4.80. The highest BCUT2D eigenvalue weighted by molar-refractivity contribution is 5.79. The molecule has 3 heteroatoms. The molecule has 1 fully saturated rings. The number of hydrogen-bond donors (Lipinski definition) is 2. The lowest BCUT2D eigenvalue weighted by Gasteiger charge is -2.31. The van der Waals surface area contributed by atoms with Crippen molar-refractivity contribution in [2.75, 3.05) is 0 Å². The van der Waals surface area contributed by atoms with Crippen LogP contribution in [0.15, 0.2) is 0 Å². The maximum Gasteiger partial charge on any atom is 0.311 e. The number of carboxylic acid groups (broad SMARTS) is 1. The van der Waals surface area contributed by atoms with Gasteiger partial charge in [0.15, 0.2) is 0 Å². The van der Waals surface area contributed by atoms with E-state index in [0.717, 1.165) is 12.8 Å². The van der Waals surface area contributed by atoms with Gasteiger partial charge in [0.05, 0.1) is 5.41 Å². The van der Waals surface area contributed by atoms with Gasteiger partial charge in [-0.25, -0.2) is 0 Å². The van der Waals surface area contributed by atoms with Gasteiger partial charge in [-0.2, -0.15) is 0 Å². The minimum absolute atomic E-state index is 0.116. The molecule has 1 atom stereocenters. The largest absolute Gasteiger partial charge is 0.481 e. The first-order valence-corrected chi connectivity index (χ1v) is 4.30. The maximum absolute atomic E-state index is 10.9. The van der Waals surface area contributed by atoms with Crippen molar-refractivity contribution in [2.45, 2.75) is 39.7 Å². The molecule has 1 saturated carbocycles. The van der Waals surface area contributed by atoms with Gasteiger partial charge in [-0.1, -0.05) is 20.8 Å². The molecule has 1 unspecified atom stereocenters. The number of nitrogens with two attached hydrogens (primary N) is 1. The van der Waals surface area contributed by atoms with Gasteiger partial charge in [0.2, 0.25) is 0 Å². The minimum Gasteiger partial charge on any atom is -0.481 e. The van der Waals surface area contributed by atoms with Gasteiger partial charge in [-0.3, -0.25) is 4.79 Å². The topological polar surface area (TPSA) is 63.3 Å². The molecule has 0 aromatic rings. The number of hydrogen-bond acceptors (Lipinski definition) is 2. The Bertz CT molecular complexity index is 201. The fraction of sp³-hybridized carbons (Fsp3) is 0.889. The van der Waals surface area contributed by atoms with Gasteiger partial charge in [0, 0.05) is 6.04 Å². The molecule has 12 heavy (non-hydrogen) atoms. The molecule has 0 amide bonds. The van der Waals surface area contributed by atoms with Crippen LogP contribution in [0.1, 0.15) is 33.6 Å². The highest BCUT2D eigenvalue weighted by Crippen LogP contribution is 2.52. The van der Waals surface area contributed by atoms with Crippen LogP contribution in [0.2, 0.25) is 0 Å². The molecule has 0 spiro atoms. The van der Waals surface area contributed by atoms with Crippen LogP contribution < -0.4 is 5.73 Å². The second kappa shape index (κ2) is 2.46. The Hall–Kier alpha value is -0.570. The van der Waals surface area contributed by atoms with Crippen LogP contribution in [0.4, 0.5) is 0 Å². The molecule has 1 aliphatic carbocycles. The van der Waals surface area contributed by atoms with Crippen molar-refractivity contribution < 1.29 is 9.90 Å². The molecule has 0 aromatic carbocycles. The van der Waals surface area contributed by atoms with Crippen LogP contribution in [0.3, 0.4) is 0 Å². The first kappa shape index (κ1) is 9.52. The molecule has 1 aliphatic rings. The molecule has 70 valence electrons. The molecule has 1 rings (SSSR count). The van der Waals surface area contributed by atoms with E-state index in [9.17, 15) is 4.79 Å². The molecule has 0 bridgehead atoms. The second-order valence-corrected chi connectivity index (χ2v) is 4.80. The Kier molecular flexibility index (Phi) is 1.95. The monoisotopic (exact) mass is 171 g/mol. The Morgan fingerprint density at radius 1 is 1.50 bits per heavy atom. The number of carbonyl (C=O) groups is 1. The molecule has 0 heterocycles. The predicted octanol–water partition coefficient (Wildman–Crippen LogP) is 1.22. The van der Waals surface area contributed by atoms with E-state index in [1.54, 1.807) is 0 Å². The zero-order valence-electron chi connectivity index (χ0n) is 7.92. The molecule has 0 aliphatic heterocycles. The van der Waals surface area contributed by atoms with Gasteiger partial charge in [-0.05, 0) is 18.3 Å². The summed E-state index contributed by atoms with van der Waals surface area (Å²) in [6.45, 7) is 5.96. The quantitative estimate of drug-likeness (QED) is 0.656. The summed E-state index contributed by atoms with van der Waals surface area (Å²) in [5, 5.41) is 8.96. The Morgan fingerprint density at radius 3 is 2.00 bits per heavy atom. The van der Waals surface area contributed by atoms with Crippen LogP contribution in [0, 0.1) is 10.8 Å². The first-order chi connectivity index (χ1) is 5.31. The van der Waals surface area contributed by atoms with Crippen molar-refractivity contribution in [1.82, 2.24) is 0 Å². The fourth-order valence-corrected chi connectivity index (χ4v) is 1.62. The average molecular weight is 171 g/mol. The standard InChI is InChI=1S/C9H17NO2/c1-8(2,3)6(10)9(4-5-9)7(11)12/h6H,4-5,10H2,1-3H3,(H,11,12). The lowest BCUT2D eigenvalue weighted by molar-refractivity contribution is -0.145. The summed E-state index contributed by atoms with van der Waals surface area (Å²) in [6, 6.07) is -0.234. The van der Waals surface area contributed by atoms with E-state index in [2.05, 4.69) is 0 Å². The third-order valence-corrected chi connectivity index (χ3v) is 2.74. The van der Waals surface area contributed by atoms with Crippen molar-refractivity contribution in [1.29, 1.82) is 0 Å². The van der Waals surface area contributed by atoms with Crippen LogP contribution in [-0.2, 0) is 4.79 Å². The Morgan fingerprint density at radius 2 is 1.92 bits per heavy atom. The van der Waals surface area contributed by atoms with Gasteiger partial charge < -0.3 is 10.8 Å². The zero-order chi connectivity index (χ0) is 9.57. The van der Waals surface area contributed by atoms with Crippen molar-refractivity contribution in [3.8, 4) is 0 Å². The summed E-state index contributed by atoms with van der Waals surface area (Å²) in [7, 11) is 0. The van der Waals surface area contributed by atoms with Gasteiger partial charge in [0.25, 0.3) is 0 Å². The molecular weight excluding hydrogens is 154 g/mol. The third-order valence-electron chi connectivity index (χ3n) is 2.74. The maximum atomic E-state index is 10.9. The van der Waals surface area contributed by atoms with E-state index < -0.39 is 11.4 Å². The fourth-order valence-electron chi connectivity index (χ4n) is 1.62. The molecule has 3 N–H and O–H groups in total. The van der Waals surface area contributed by atoms with Crippen LogP contribution >= 0.6 is 0 Å². The molecule has 0 saturated heterocycles. The van der Waals surface area contributed by atoms with Crippen molar-refractivity contribution in [2.24, 2.45) is 16.6 Å². The van der Waals surface area contributed by atoms with Gasteiger partial charge >= 0.3 is 5.97 Å². The zero-order valence-corrected chi connectivity index (χ0v) is 7.92. The minimum atomic E-state index is -0.732. The smallest absolute Gasteiger partial charge is 0.311 e.